The molecule has 2 atom stereocenters. The first-order valence-electron chi connectivity index (χ1n) is 10.4. The highest BCUT2D eigenvalue weighted by molar-refractivity contribution is 6.30. The van der Waals surface area contributed by atoms with Gasteiger partial charge in [-0.25, -0.2) is 4.79 Å². The van der Waals surface area contributed by atoms with Crippen molar-refractivity contribution >= 4 is 23.6 Å². The summed E-state index contributed by atoms with van der Waals surface area (Å²) in [5.41, 5.74) is -0.312. The number of carboxylic acid groups (broad SMARTS) is 1. The molecule has 0 bridgehead atoms. The van der Waals surface area contributed by atoms with Crippen molar-refractivity contribution in [1.82, 2.24) is 10.2 Å². The van der Waals surface area contributed by atoms with Crippen LogP contribution in [0.25, 0.3) is 0 Å². The van der Waals surface area contributed by atoms with Crippen LogP contribution in [0.2, 0.25) is 5.02 Å². The third-order valence-electron chi connectivity index (χ3n) is 5.43. The lowest BCUT2D eigenvalue weighted by atomic mass is 9.95. The molecule has 2 unspecified atom stereocenters. The zero-order chi connectivity index (χ0) is 24.2. The minimum absolute atomic E-state index is 0.0253. The molecule has 2 aromatic rings. The molecule has 178 valence electrons. The van der Waals surface area contributed by atoms with Crippen LogP contribution in [0.15, 0.2) is 48.5 Å². The number of likely N-dealkylation sites (tertiary alicyclic amines) is 1. The van der Waals surface area contributed by atoms with Crippen molar-refractivity contribution in [2.45, 2.75) is 44.2 Å². The van der Waals surface area contributed by atoms with Crippen molar-refractivity contribution in [1.29, 1.82) is 0 Å². The van der Waals surface area contributed by atoms with Crippen LogP contribution >= 0.6 is 11.6 Å². The number of carbonyl (C=O) groups is 2. The number of hydrogen-bond donors (Lipinski definition) is 2. The van der Waals surface area contributed by atoms with Crippen LogP contribution in [0, 0.1) is 0 Å². The lowest BCUT2D eigenvalue weighted by Gasteiger charge is -2.41. The van der Waals surface area contributed by atoms with Gasteiger partial charge >= 0.3 is 18.2 Å². The Morgan fingerprint density at radius 2 is 1.82 bits per heavy atom. The maximum absolute atomic E-state index is 13.7. The highest BCUT2D eigenvalue weighted by atomic mass is 35.5. The molecule has 1 heterocycles. The third kappa shape index (κ3) is 6.39. The Kier molecular flexibility index (Phi) is 7.86. The highest BCUT2D eigenvalue weighted by Gasteiger charge is 2.39. The number of carbonyl (C=O) groups excluding carboxylic acids is 1. The maximum atomic E-state index is 13.7. The molecule has 0 saturated carbocycles. The number of nitrogens with zero attached hydrogens (tertiary/aromatic N) is 1. The molecule has 3 rings (SSSR count). The average molecular weight is 485 g/mol. The van der Waals surface area contributed by atoms with E-state index < -0.39 is 42.0 Å². The molecular formula is C23H24ClF3N2O4. The Bertz CT molecular complexity index is 978. The van der Waals surface area contributed by atoms with Crippen LogP contribution in [0.5, 0.6) is 0 Å². The molecule has 2 N–H and O–H groups in total. The summed E-state index contributed by atoms with van der Waals surface area (Å²) in [4.78, 5) is 24.7. The van der Waals surface area contributed by atoms with E-state index in [1.54, 1.807) is 31.2 Å². The number of carboxylic acids is 1. The van der Waals surface area contributed by atoms with Gasteiger partial charge in [-0.1, -0.05) is 48.9 Å². The van der Waals surface area contributed by atoms with E-state index in [9.17, 15) is 22.8 Å². The summed E-state index contributed by atoms with van der Waals surface area (Å²) in [6.07, 6.45) is -5.79. The summed E-state index contributed by atoms with van der Waals surface area (Å²) in [6, 6.07) is 10.7. The molecule has 1 aliphatic rings. The summed E-state index contributed by atoms with van der Waals surface area (Å²) < 4.78 is 47.0. The van der Waals surface area contributed by atoms with Gasteiger partial charge in [0.15, 0.2) is 0 Å². The van der Waals surface area contributed by atoms with Crippen molar-refractivity contribution in [2.24, 2.45) is 0 Å². The Morgan fingerprint density at radius 3 is 2.39 bits per heavy atom. The van der Waals surface area contributed by atoms with Gasteiger partial charge in [-0.2, -0.15) is 13.2 Å². The fourth-order valence-electron chi connectivity index (χ4n) is 3.61. The highest BCUT2D eigenvalue weighted by Crippen LogP contribution is 2.39. The first-order chi connectivity index (χ1) is 15.6. The number of benzene rings is 2. The number of halogens is 4. The number of amides is 2. The molecule has 1 fully saturated rings. The molecular weight excluding hydrogens is 461 g/mol. The first kappa shape index (κ1) is 24.9. The minimum Gasteiger partial charge on any atom is -0.481 e. The third-order valence-corrected chi connectivity index (χ3v) is 5.68. The molecule has 6 nitrogen and oxygen atoms in total. The van der Waals surface area contributed by atoms with E-state index in [2.05, 4.69) is 5.32 Å². The largest absolute Gasteiger partial charge is 0.481 e. The minimum atomic E-state index is -4.56. The number of aliphatic carboxylic acids is 1. The van der Waals surface area contributed by atoms with Crippen molar-refractivity contribution in [3.8, 4) is 0 Å². The summed E-state index contributed by atoms with van der Waals surface area (Å²) in [7, 11) is 0. The fraction of sp³-hybridized carbons (Fsp3) is 0.391. The monoisotopic (exact) mass is 484 g/mol. The molecule has 33 heavy (non-hydrogen) atoms. The smallest absolute Gasteiger partial charge is 0.416 e. The Balaban J connectivity index is 1.74. The second kappa shape index (κ2) is 10.4. The molecule has 1 saturated heterocycles. The van der Waals surface area contributed by atoms with Crippen LogP contribution in [0.3, 0.4) is 0 Å². The topological polar surface area (TPSA) is 78.9 Å². The molecule has 10 heteroatoms. The number of alkyl halides is 3. The van der Waals surface area contributed by atoms with Gasteiger partial charge in [-0.15, -0.1) is 0 Å². The second-order valence-electron chi connectivity index (χ2n) is 7.83. The van der Waals surface area contributed by atoms with Gasteiger partial charge in [0, 0.05) is 11.1 Å². The van der Waals surface area contributed by atoms with Crippen LogP contribution < -0.4 is 5.32 Å². The average Bonchev–Trinajstić information content (AvgIpc) is 2.72. The SMILES string of the molecule is CCC(CC(=O)O)NC(=O)N1CC(OC(c2ccc(Cl)cc2)c2ccccc2C(F)(F)F)C1. The van der Waals surface area contributed by atoms with Crippen LogP contribution in [-0.4, -0.2) is 47.2 Å². The van der Waals surface area contributed by atoms with Gasteiger partial charge in [0.05, 0.1) is 31.2 Å². The van der Waals surface area contributed by atoms with E-state index in [-0.39, 0.29) is 25.1 Å². The maximum Gasteiger partial charge on any atom is 0.416 e. The van der Waals surface area contributed by atoms with Crippen LogP contribution in [0.1, 0.15) is 42.6 Å². The van der Waals surface area contributed by atoms with Gasteiger partial charge in [-0.05, 0) is 35.7 Å². The van der Waals surface area contributed by atoms with Crippen molar-refractivity contribution < 1.29 is 32.6 Å². The predicted molar refractivity (Wildman–Crippen MR) is 116 cm³/mol. The summed E-state index contributed by atoms with van der Waals surface area (Å²) in [5, 5.41) is 12.0. The quantitative estimate of drug-likeness (QED) is 0.545. The molecule has 2 amide bonds. The van der Waals surface area contributed by atoms with Crippen LogP contribution in [0.4, 0.5) is 18.0 Å². The zero-order valence-electron chi connectivity index (χ0n) is 17.8. The molecule has 0 aliphatic carbocycles. The standard InChI is InChI=1S/C23H24ClF3N2O4/c1-2-16(11-20(30)31)28-22(32)29-12-17(13-29)33-21(14-7-9-15(24)10-8-14)18-5-3-4-6-19(18)23(25,26)27/h3-10,16-17,21H,2,11-13H2,1H3,(H,28,32)(H,30,31). The van der Waals surface area contributed by atoms with Crippen LogP contribution in [-0.2, 0) is 15.7 Å². The Hall–Kier alpha value is -2.78. The van der Waals surface area contributed by atoms with Gasteiger partial charge in [-0.3, -0.25) is 4.79 Å². The van der Waals surface area contributed by atoms with E-state index in [0.717, 1.165) is 6.07 Å². The van der Waals surface area contributed by atoms with E-state index >= 15 is 0 Å². The van der Waals surface area contributed by atoms with E-state index in [1.807, 2.05) is 0 Å². The van der Waals surface area contributed by atoms with Crippen molar-refractivity contribution in [2.75, 3.05) is 13.1 Å². The predicted octanol–water partition coefficient (Wildman–Crippen LogP) is 5.11. The lowest BCUT2D eigenvalue weighted by molar-refractivity contribution is -0.140. The van der Waals surface area contributed by atoms with E-state index in [4.69, 9.17) is 21.4 Å². The number of rotatable bonds is 8. The van der Waals surface area contributed by atoms with E-state index in [1.165, 1.54) is 23.1 Å². The van der Waals surface area contributed by atoms with Crippen molar-refractivity contribution in [3.05, 3.63) is 70.2 Å². The van der Waals surface area contributed by atoms with Gasteiger partial charge in [0.2, 0.25) is 0 Å². The van der Waals surface area contributed by atoms with E-state index in [0.29, 0.717) is 17.0 Å². The molecule has 1 aliphatic heterocycles. The normalized spacial score (nSPS) is 16.1. The van der Waals surface area contributed by atoms with Gasteiger partial charge < -0.3 is 20.1 Å². The molecule has 0 spiro atoms. The second-order valence-corrected chi connectivity index (χ2v) is 8.27. The molecule has 0 radical (unpaired) electrons. The van der Waals surface area contributed by atoms with Gasteiger partial charge in [0.1, 0.15) is 6.10 Å². The number of hydrogen-bond acceptors (Lipinski definition) is 3. The number of urea groups is 1. The number of nitrogens with one attached hydrogen (secondary N) is 1. The number of ether oxygens (including phenoxy) is 1. The summed E-state index contributed by atoms with van der Waals surface area (Å²) in [6.45, 7) is 2.12. The molecule has 0 aromatic heterocycles. The van der Waals surface area contributed by atoms with Crippen molar-refractivity contribution in [3.63, 3.8) is 0 Å². The lowest BCUT2D eigenvalue weighted by Crippen LogP contribution is -2.59. The Morgan fingerprint density at radius 1 is 1.18 bits per heavy atom. The molecule has 2 aromatic carbocycles. The summed E-state index contributed by atoms with van der Waals surface area (Å²) in [5.74, 6) is -1.01. The fourth-order valence-corrected chi connectivity index (χ4v) is 3.74. The first-order valence-corrected chi connectivity index (χ1v) is 10.8. The van der Waals surface area contributed by atoms with Gasteiger partial charge in [0.25, 0.3) is 0 Å². The Labute approximate surface area is 194 Å². The zero-order valence-corrected chi connectivity index (χ0v) is 18.6. The summed E-state index contributed by atoms with van der Waals surface area (Å²) >= 11 is 5.94.